The summed E-state index contributed by atoms with van der Waals surface area (Å²) in [5.74, 6) is 1.63. The van der Waals surface area contributed by atoms with Crippen LogP contribution < -0.4 is 5.32 Å². The Labute approximate surface area is 117 Å². The standard InChI is InChI=1S/C12H21N5OS/c1-2-13-11(9-5-6-18-7-9)8-19-12-14-15-16-17(12)10-3-4-10/h9-11,13H,2-8H2,1H3. The predicted molar refractivity (Wildman–Crippen MR) is 73.2 cm³/mol. The van der Waals surface area contributed by atoms with Crippen LogP contribution in [0.3, 0.4) is 0 Å². The first-order valence-electron chi connectivity index (χ1n) is 7.10. The summed E-state index contributed by atoms with van der Waals surface area (Å²) in [6.45, 7) is 4.93. The highest BCUT2D eigenvalue weighted by Gasteiger charge is 2.29. The molecule has 2 atom stereocenters. The number of nitrogens with one attached hydrogen (secondary N) is 1. The lowest BCUT2D eigenvalue weighted by atomic mass is 10.0. The summed E-state index contributed by atoms with van der Waals surface area (Å²) in [5, 5.41) is 16.6. The molecule has 2 aliphatic rings. The first-order chi connectivity index (χ1) is 9.38. The molecule has 0 bridgehead atoms. The smallest absolute Gasteiger partial charge is 0.209 e. The SMILES string of the molecule is CCNC(CSc1nnnn1C1CC1)C1CCOC1. The molecule has 1 saturated heterocycles. The van der Waals surface area contributed by atoms with Gasteiger partial charge in [-0.1, -0.05) is 18.7 Å². The lowest BCUT2D eigenvalue weighted by molar-refractivity contribution is 0.179. The van der Waals surface area contributed by atoms with E-state index in [0.717, 1.165) is 37.1 Å². The van der Waals surface area contributed by atoms with Crippen LogP contribution in [0.5, 0.6) is 0 Å². The van der Waals surface area contributed by atoms with Gasteiger partial charge in [-0.25, -0.2) is 4.68 Å². The minimum Gasteiger partial charge on any atom is -0.381 e. The van der Waals surface area contributed by atoms with Crippen LogP contribution in [-0.2, 0) is 4.74 Å². The fraction of sp³-hybridized carbons (Fsp3) is 0.917. The summed E-state index contributed by atoms with van der Waals surface area (Å²) in [6.07, 6.45) is 3.59. The molecule has 3 rings (SSSR count). The molecule has 6 nitrogen and oxygen atoms in total. The maximum atomic E-state index is 5.50. The molecule has 1 aromatic heterocycles. The Kier molecular flexibility index (Phi) is 4.35. The van der Waals surface area contributed by atoms with E-state index in [1.165, 1.54) is 12.8 Å². The van der Waals surface area contributed by atoms with Crippen molar-refractivity contribution in [2.24, 2.45) is 5.92 Å². The van der Waals surface area contributed by atoms with Crippen molar-refractivity contribution in [2.75, 3.05) is 25.5 Å². The molecule has 2 unspecified atom stereocenters. The third kappa shape index (κ3) is 3.27. The zero-order valence-corrected chi connectivity index (χ0v) is 12.1. The Morgan fingerprint density at radius 1 is 1.47 bits per heavy atom. The number of ether oxygens (including phenoxy) is 1. The molecule has 19 heavy (non-hydrogen) atoms. The second-order valence-electron chi connectivity index (χ2n) is 5.24. The van der Waals surface area contributed by atoms with E-state index in [2.05, 4.69) is 27.8 Å². The zero-order chi connectivity index (χ0) is 13.1. The Morgan fingerprint density at radius 2 is 2.37 bits per heavy atom. The molecule has 0 spiro atoms. The number of thioether (sulfide) groups is 1. The van der Waals surface area contributed by atoms with Crippen molar-refractivity contribution in [1.82, 2.24) is 25.5 Å². The van der Waals surface area contributed by atoms with Crippen LogP contribution in [0.15, 0.2) is 5.16 Å². The molecule has 0 amide bonds. The van der Waals surface area contributed by atoms with Crippen molar-refractivity contribution in [3.05, 3.63) is 0 Å². The number of hydrogen-bond donors (Lipinski definition) is 1. The highest BCUT2D eigenvalue weighted by molar-refractivity contribution is 7.99. The first-order valence-corrected chi connectivity index (χ1v) is 8.09. The molecule has 7 heteroatoms. The van der Waals surface area contributed by atoms with E-state index in [9.17, 15) is 0 Å². The maximum Gasteiger partial charge on any atom is 0.209 e. The molecule has 2 heterocycles. The van der Waals surface area contributed by atoms with Crippen LogP contribution in [0.2, 0.25) is 0 Å². The highest BCUT2D eigenvalue weighted by Crippen LogP contribution is 2.36. The van der Waals surface area contributed by atoms with Crippen molar-refractivity contribution in [3.63, 3.8) is 0 Å². The number of nitrogens with zero attached hydrogens (tertiary/aromatic N) is 4. The maximum absolute atomic E-state index is 5.50. The van der Waals surface area contributed by atoms with Gasteiger partial charge in [-0.3, -0.25) is 0 Å². The fourth-order valence-corrected chi connectivity index (χ4v) is 3.62. The Bertz CT molecular complexity index is 403. The van der Waals surface area contributed by atoms with Gasteiger partial charge >= 0.3 is 0 Å². The number of hydrogen-bond acceptors (Lipinski definition) is 6. The molecule has 0 aromatic carbocycles. The minimum absolute atomic E-state index is 0.488. The van der Waals surface area contributed by atoms with E-state index in [-0.39, 0.29) is 0 Å². The Hall–Kier alpha value is -0.660. The number of rotatable bonds is 7. The molecule has 1 aromatic rings. The van der Waals surface area contributed by atoms with Crippen LogP contribution in [0.1, 0.15) is 32.2 Å². The van der Waals surface area contributed by atoms with E-state index < -0.39 is 0 Å². The van der Waals surface area contributed by atoms with E-state index in [1.807, 2.05) is 4.68 Å². The summed E-state index contributed by atoms with van der Waals surface area (Å²) in [7, 11) is 0. The van der Waals surface area contributed by atoms with E-state index in [4.69, 9.17) is 4.74 Å². The predicted octanol–water partition coefficient (Wildman–Crippen LogP) is 1.11. The molecule has 1 saturated carbocycles. The van der Waals surface area contributed by atoms with Crippen molar-refractivity contribution >= 4 is 11.8 Å². The molecular formula is C12H21N5OS. The van der Waals surface area contributed by atoms with Crippen molar-refractivity contribution < 1.29 is 4.74 Å². The van der Waals surface area contributed by atoms with Gasteiger partial charge in [0, 0.05) is 24.3 Å². The van der Waals surface area contributed by atoms with Gasteiger partial charge in [0.15, 0.2) is 0 Å². The van der Waals surface area contributed by atoms with Crippen molar-refractivity contribution in [3.8, 4) is 0 Å². The van der Waals surface area contributed by atoms with Gasteiger partial charge in [-0.05, 0) is 36.2 Å². The zero-order valence-electron chi connectivity index (χ0n) is 11.3. The minimum atomic E-state index is 0.488. The van der Waals surface area contributed by atoms with Gasteiger partial charge in [0.2, 0.25) is 5.16 Å². The Balaban J connectivity index is 1.57. The van der Waals surface area contributed by atoms with Crippen LogP contribution >= 0.6 is 11.8 Å². The van der Waals surface area contributed by atoms with Gasteiger partial charge in [-0.15, -0.1) is 5.10 Å². The second kappa shape index (κ2) is 6.19. The van der Waals surface area contributed by atoms with E-state index in [0.29, 0.717) is 18.0 Å². The fourth-order valence-electron chi connectivity index (χ4n) is 2.49. The van der Waals surface area contributed by atoms with Crippen molar-refractivity contribution in [2.45, 2.75) is 43.4 Å². The molecule has 1 aliphatic heterocycles. The van der Waals surface area contributed by atoms with Crippen molar-refractivity contribution in [1.29, 1.82) is 0 Å². The van der Waals surface area contributed by atoms with Crippen LogP contribution in [0, 0.1) is 5.92 Å². The van der Waals surface area contributed by atoms with Gasteiger partial charge < -0.3 is 10.1 Å². The van der Waals surface area contributed by atoms with Gasteiger partial charge in [-0.2, -0.15) is 0 Å². The summed E-state index contributed by atoms with van der Waals surface area (Å²) in [4.78, 5) is 0. The quantitative estimate of drug-likeness (QED) is 0.756. The lowest BCUT2D eigenvalue weighted by Gasteiger charge is -2.22. The largest absolute Gasteiger partial charge is 0.381 e. The topological polar surface area (TPSA) is 64.9 Å². The number of tetrazole rings is 1. The lowest BCUT2D eigenvalue weighted by Crippen LogP contribution is -2.38. The molecule has 1 N–H and O–H groups in total. The summed E-state index contributed by atoms with van der Waals surface area (Å²) in [6, 6.07) is 1.03. The second-order valence-corrected chi connectivity index (χ2v) is 6.22. The van der Waals surface area contributed by atoms with E-state index >= 15 is 0 Å². The van der Waals surface area contributed by atoms with Gasteiger partial charge in [0.25, 0.3) is 0 Å². The third-order valence-electron chi connectivity index (χ3n) is 3.75. The van der Waals surface area contributed by atoms with Crippen LogP contribution in [-0.4, -0.2) is 51.8 Å². The first kappa shape index (κ1) is 13.3. The normalized spacial score (nSPS) is 24.8. The molecule has 0 radical (unpaired) electrons. The summed E-state index contributed by atoms with van der Waals surface area (Å²) in [5.41, 5.74) is 0. The highest BCUT2D eigenvalue weighted by atomic mass is 32.2. The van der Waals surface area contributed by atoms with Gasteiger partial charge in [0.05, 0.1) is 12.6 Å². The van der Waals surface area contributed by atoms with Crippen LogP contribution in [0.4, 0.5) is 0 Å². The molecule has 2 fully saturated rings. The van der Waals surface area contributed by atoms with E-state index in [1.54, 1.807) is 11.8 Å². The molecular weight excluding hydrogens is 262 g/mol. The summed E-state index contributed by atoms with van der Waals surface area (Å²) < 4.78 is 7.48. The van der Waals surface area contributed by atoms with Crippen LogP contribution in [0.25, 0.3) is 0 Å². The van der Waals surface area contributed by atoms with Gasteiger partial charge in [0.1, 0.15) is 0 Å². The summed E-state index contributed by atoms with van der Waals surface area (Å²) >= 11 is 1.77. The monoisotopic (exact) mass is 283 g/mol. The molecule has 106 valence electrons. The Morgan fingerprint density at radius 3 is 3.05 bits per heavy atom. The number of aromatic nitrogens is 4. The third-order valence-corrected chi connectivity index (χ3v) is 4.80. The average molecular weight is 283 g/mol. The average Bonchev–Trinajstić information content (AvgIpc) is 2.95. The molecule has 1 aliphatic carbocycles.